The van der Waals surface area contributed by atoms with E-state index in [9.17, 15) is 0 Å². The van der Waals surface area contributed by atoms with Gasteiger partial charge in [-0.2, -0.15) is 4.68 Å². The average molecular weight is 236 g/mol. The van der Waals surface area contributed by atoms with Gasteiger partial charge in [0.15, 0.2) is 0 Å². The first-order valence-corrected chi connectivity index (χ1v) is 5.74. The number of rotatable bonds is 2. The lowest BCUT2D eigenvalue weighted by Crippen LogP contribution is -1.97. The SMILES string of the molecule is Cc1ccc(-c2ccccc2-n2cnnn2)cc1. The Balaban J connectivity index is 2.15. The van der Waals surface area contributed by atoms with Crippen molar-refractivity contribution < 1.29 is 0 Å². The highest BCUT2D eigenvalue weighted by Crippen LogP contribution is 2.25. The lowest BCUT2D eigenvalue weighted by Gasteiger charge is -2.08. The van der Waals surface area contributed by atoms with Gasteiger partial charge in [-0.3, -0.25) is 0 Å². The summed E-state index contributed by atoms with van der Waals surface area (Å²) in [6.07, 6.45) is 1.60. The molecule has 18 heavy (non-hydrogen) atoms. The maximum absolute atomic E-state index is 3.95. The molecule has 0 bridgehead atoms. The van der Waals surface area contributed by atoms with Crippen LogP contribution in [0.15, 0.2) is 54.9 Å². The Labute approximate surface area is 105 Å². The van der Waals surface area contributed by atoms with Crippen molar-refractivity contribution in [2.45, 2.75) is 6.92 Å². The number of para-hydroxylation sites is 1. The molecule has 4 heteroatoms. The molecule has 0 aliphatic rings. The van der Waals surface area contributed by atoms with Crippen LogP contribution in [0.3, 0.4) is 0 Å². The maximum Gasteiger partial charge on any atom is 0.143 e. The minimum absolute atomic E-state index is 0.978. The Morgan fingerprint density at radius 1 is 0.944 bits per heavy atom. The first-order chi connectivity index (χ1) is 8.84. The summed E-state index contributed by atoms with van der Waals surface area (Å²) in [5.74, 6) is 0. The van der Waals surface area contributed by atoms with Crippen molar-refractivity contribution in [3.05, 3.63) is 60.4 Å². The Hall–Kier alpha value is -2.49. The highest BCUT2D eigenvalue weighted by molar-refractivity contribution is 5.72. The zero-order valence-electron chi connectivity index (χ0n) is 9.99. The van der Waals surface area contributed by atoms with Crippen molar-refractivity contribution in [3.63, 3.8) is 0 Å². The molecule has 0 amide bonds. The van der Waals surface area contributed by atoms with Gasteiger partial charge in [-0.05, 0) is 29.0 Å². The third-order valence-corrected chi connectivity index (χ3v) is 2.86. The van der Waals surface area contributed by atoms with Crippen molar-refractivity contribution in [2.24, 2.45) is 0 Å². The molecule has 0 atom stereocenters. The summed E-state index contributed by atoms with van der Waals surface area (Å²) in [7, 11) is 0. The monoisotopic (exact) mass is 236 g/mol. The predicted molar refractivity (Wildman–Crippen MR) is 69.3 cm³/mol. The van der Waals surface area contributed by atoms with Gasteiger partial charge in [0, 0.05) is 5.56 Å². The largest absolute Gasteiger partial charge is 0.200 e. The maximum atomic E-state index is 3.95. The number of hydrogen-bond acceptors (Lipinski definition) is 3. The minimum Gasteiger partial charge on any atom is -0.200 e. The summed E-state index contributed by atoms with van der Waals surface area (Å²) in [5.41, 5.74) is 4.50. The molecule has 0 saturated heterocycles. The van der Waals surface area contributed by atoms with E-state index in [1.807, 2.05) is 18.2 Å². The third-order valence-electron chi connectivity index (χ3n) is 2.86. The van der Waals surface area contributed by atoms with Gasteiger partial charge >= 0.3 is 0 Å². The van der Waals surface area contributed by atoms with E-state index in [-0.39, 0.29) is 0 Å². The highest BCUT2D eigenvalue weighted by Gasteiger charge is 2.06. The van der Waals surface area contributed by atoms with Crippen LogP contribution in [0.1, 0.15) is 5.56 Å². The molecular formula is C14H12N4. The molecule has 1 aromatic heterocycles. The topological polar surface area (TPSA) is 43.6 Å². The Kier molecular flexibility index (Phi) is 2.61. The first-order valence-electron chi connectivity index (χ1n) is 5.74. The lowest BCUT2D eigenvalue weighted by molar-refractivity contribution is 0.790. The second-order valence-corrected chi connectivity index (χ2v) is 4.14. The standard InChI is InChI=1S/C14H12N4/c1-11-6-8-12(9-7-11)13-4-2-3-5-14(13)18-10-15-16-17-18/h2-10H,1H3. The van der Waals surface area contributed by atoms with Gasteiger partial charge in [-0.15, -0.1) is 5.10 Å². The molecule has 0 unspecified atom stereocenters. The van der Waals surface area contributed by atoms with Crippen LogP contribution in [-0.4, -0.2) is 20.2 Å². The normalized spacial score (nSPS) is 10.5. The van der Waals surface area contributed by atoms with Crippen LogP contribution in [0.5, 0.6) is 0 Å². The van der Waals surface area contributed by atoms with Crippen LogP contribution in [0, 0.1) is 6.92 Å². The van der Waals surface area contributed by atoms with Crippen molar-refractivity contribution >= 4 is 0 Å². The molecule has 0 aliphatic carbocycles. The summed E-state index contributed by atoms with van der Waals surface area (Å²) in [5, 5.41) is 11.3. The van der Waals surface area contributed by atoms with Gasteiger partial charge in [-0.25, -0.2) is 0 Å². The van der Waals surface area contributed by atoms with Crippen LogP contribution < -0.4 is 0 Å². The van der Waals surface area contributed by atoms with Crippen LogP contribution in [0.2, 0.25) is 0 Å². The summed E-state index contributed by atoms with van der Waals surface area (Å²) in [4.78, 5) is 0. The van der Waals surface area contributed by atoms with E-state index < -0.39 is 0 Å². The van der Waals surface area contributed by atoms with E-state index in [1.165, 1.54) is 5.56 Å². The molecule has 0 saturated carbocycles. The minimum atomic E-state index is 0.978. The van der Waals surface area contributed by atoms with E-state index >= 15 is 0 Å². The van der Waals surface area contributed by atoms with Crippen molar-refractivity contribution in [1.82, 2.24) is 20.2 Å². The molecule has 0 fully saturated rings. The molecule has 3 aromatic rings. The zero-order chi connectivity index (χ0) is 12.4. The molecule has 0 spiro atoms. The van der Waals surface area contributed by atoms with Crippen molar-refractivity contribution in [3.8, 4) is 16.8 Å². The van der Waals surface area contributed by atoms with Gasteiger partial charge in [0.25, 0.3) is 0 Å². The number of nitrogens with zero attached hydrogens (tertiary/aromatic N) is 4. The van der Waals surface area contributed by atoms with Gasteiger partial charge in [-0.1, -0.05) is 48.0 Å². The smallest absolute Gasteiger partial charge is 0.143 e. The number of aromatic nitrogens is 4. The summed E-state index contributed by atoms with van der Waals surface area (Å²) < 4.78 is 1.68. The average Bonchev–Trinajstić information content (AvgIpc) is 2.93. The molecule has 0 N–H and O–H groups in total. The molecule has 88 valence electrons. The van der Waals surface area contributed by atoms with E-state index in [4.69, 9.17) is 0 Å². The number of benzene rings is 2. The van der Waals surface area contributed by atoms with E-state index in [1.54, 1.807) is 11.0 Å². The molecule has 3 rings (SSSR count). The van der Waals surface area contributed by atoms with Gasteiger partial charge in [0.2, 0.25) is 0 Å². The molecule has 4 nitrogen and oxygen atoms in total. The predicted octanol–water partition coefficient (Wildman–Crippen LogP) is 2.64. The third kappa shape index (κ3) is 1.88. The molecule has 0 radical (unpaired) electrons. The number of aryl methyl sites for hydroxylation is 1. The van der Waals surface area contributed by atoms with Crippen LogP contribution in [0.4, 0.5) is 0 Å². The van der Waals surface area contributed by atoms with Crippen LogP contribution >= 0.6 is 0 Å². The number of tetrazole rings is 1. The second-order valence-electron chi connectivity index (χ2n) is 4.14. The molecule has 0 aliphatic heterocycles. The van der Waals surface area contributed by atoms with Crippen molar-refractivity contribution in [2.75, 3.05) is 0 Å². The van der Waals surface area contributed by atoms with E-state index in [2.05, 4.69) is 52.8 Å². The molecule has 1 heterocycles. The summed E-state index contributed by atoms with van der Waals surface area (Å²) in [6, 6.07) is 16.5. The van der Waals surface area contributed by atoms with Crippen LogP contribution in [-0.2, 0) is 0 Å². The summed E-state index contributed by atoms with van der Waals surface area (Å²) >= 11 is 0. The summed E-state index contributed by atoms with van der Waals surface area (Å²) in [6.45, 7) is 2.08. The molecular weight excluding hydrogens is 224 g/mol. The van der Waals surface area contributed by atoms with Crippen LogP contribution in [0.25, 0.3) is 16.8 Å². The van der Waals surface area contributed by atoms with Crippen molar-refractivity contribution in [1.29, 1.82) is 0 Å². The fourth-order valence-electron chi connectivity index (χ4n) is 1.92. The Morgan fingerprint density at radius 2 is 1.72 bits per heavy atom. The Bertz CT molecular complexity index is 642. The fraction of sp³-hybridized carbons (Fsp3) is 0.0714. The Morgan fingerprint density at radius 3 is 2.44 bits per heavy atom. The van der Waals surface area contributed by atoms with E-state index in [0.29, 0.717) is 0 Å². The van der Waals surface area contributed by atoms with Gasteiger partial charge < -0.3 is 0 Å². The highest BCUT2D eigenvalue weighted by atomic mass is 15.5. The van der Waals surface area contributed by atoms with Gasteiger partial charge in [0.1, 0.15) is 6.33 Å². The van der Waals surface area contributed by atoms with E-state index in [0.717, 1.165) is 16.8 Å². The second kappa shape index (κ2) is 4.41. The number of hydrogen-bond donors (Lipinski definition) is 0. The van der Waals surface area contributed by atoms with Gasteiger partial charge in [0.05, 0.1) is 5.69 Å². The lowest BCUT2D eigenvalue weighted by atomic mass is 10.0. The molecule has 2 aromatic carbocycles. The first kappa shape index (κ1) is 10.7. The quantitative estimate of drug-likeness (QED) is 0.687. The zero-order valence-corrected chi connectivity index (χ0v) is 9.99. The fourth-order valence-corrected chi connectivity index (χ4v) is 1.92.